The van der Waals surface area contributed by atoms with Gasteiger partial charge in [0.1, 0.15) is 6.04 Å². The number of hydrogen-bond acceptors (Lipinski definition) is 4. The molecule has 1 heterocycles. The molecule has 1 saturated heterocycles. The summed E-state index contributed by atoms with van der Waals surface area (Å²) in [4.78, 5) is 22.8. The molecule has 1 aliphatic heterocycles. The van der Waals surface area contributed by atoms with E-state index in [0.717, 1.165) is 6.42 Å². The number of carboxylic acids is 1. The molecule has 1 aliphatic rings. The van der Waals surface area contributed by atoms with Crippen LogP contribution in [0.4, 0.5) is 0 Å². The van der Waals surface area contributed by atoms with E-state index in [1.807, 2.05) is 0 Å². The Labute approximate surface area is 120 Å². The first-order valence-electron chi connectivity index (χ1n) is 7.18. The van der Waals surface area contributed by atoms with Crippen molar-refractivity contribution in [2.24, 2.45) is 17.1 Å². The maximum atomic E-state index is 11.5. The van der Waals surface area contributed by atoms with E-state index in [1.54, 1.807) is 0 Å². The molecule has 6 nitrogen and oxygen atoms in total. The second kappa shape index (κ2) is 7.04. The van der Waals surface area contributed by atoms with Gasteiger partial charge in [0, 0.05) is 25.0 Å². The Morgan fingerprint density at radius 1 is 1.55 bits per heavy atom. The van der Waals surface area contributed by atoms with E-state index >= 15 is 0 Å². The maximum Gasteiger partial charge on any atom is 0.320 e. The number of carbonyl (C=O) groups excluding carboxylic acids is 1. The third-order valence-corrected chi connectivity index (χ3v) is 3.48. The molecule has 116 valence electrons. The van der Waals surface area contributed by atoms with Gasteiger partial charge in [0.25, 0.3) is 0 Å². The number of hydrogen-bond donors (Lipinski definition) is 4. The topological polar surface area (TPSA) is 104 Å². The molecule has 0 aromatic heterocycles. The first kappa shape index (κ1) is 16.9. The van der Waals surface area contributed by atoms with Crippen LogP contribution in [0.25, 0.3) is 0 Å². The predicted molar refractivity (Wildman–Crippen MR) is 77.2 cm³/mol. The van der Waals surface area contributed by atoms with Crippen LogP contribution in [0.3, 0.4) is 0 Å². The molecule has 0 aromatic carbocycles. The van der Waals surface area contributed by atoms with Gasteiger partial charge < -0.3 is 21.5 Å². The SMILES string of the molecule is CC(C)(C)CC(N)CNC(C[C@@H]1CCNC1=O)C(=O)O. The molecular formula is C14H27N3O3. The Morgan fingerprint density at radius 3 is 2.65 bits per heavy atom. The number of aliphatic carboxylic acids is 1. The first-order chi connectivity index (χ1) is 9.19. The molecule has 0 radical (unpaired) electrons. The highest BCUT2D eigenvalue weighted by Gasteiger charge is 2.30. The van der Waals surface area contributed by atoms with Gasteiger partial charge >= 0.3 is 5.97 Å². The lowest BCUT2D eigenvalue weighted by molar-refractivity contribution is -0.140. The summed E-state index contributed by atoms with van der Waals surface area (Å²) in [5.74, 6) is -1.17. The van der Waals surface area contributed by atoms with Crippen LogP contribution >= 0.6 is 0 Å². The Balaban J connectivity index is 2.43. The van der Waals surface area contributed by atoms with Crippen molar-refractivity contribution in [2.45, 2.75) is 52.1 Å². The van der Waals surface area contributed by atoms with Crippen LogP contribution in [0.1, 0.15) is 40.0 Å². The normalized spacial score (nSPS) is 22.4. The lowest BCUT2D eigenvalue weighted by atomic mass is 9.88. The van der Waals surface area contributed by atoms with Crippen molar-refractivity contribution in [1.29, 1.82) is 0 Å². The molecule has 0 aliphatic carbocycles. The van der Waals surface area contributed by atoms with Gasteiger partial charge in [0.05, 0.1) is 0 Å². The maximum absolute atomic E-state index is 11.5. The zero-order valence-electron chi connectivity index (χ0n) is 12.6. The molecule has 0 bridgehead atoms. The Hall–Kier alpha value is -1.14. The van der Waals surface area contributed by atoms with Crippen LogP contribution in [-0.4, -0.2) is 42.2 Å². The molecule has 1 rings (SSSR count). The summed E-state index contributed by atoms with van der Waals surface area (Å²) < 4.78 is 0. The summed E-state index contributed by atoms with van der Waals surface area (Å²) in [7, 11) is 0. The quantitative estimate of drug-likeness (QED) is 0.539. The largest absolute Gasteiger partial charge is 0.480 e. The molecule has 0 aromatic rings. The highest BCUT2D eigenvalue weighted by molar-refractivity contribution is 5.82. The molecular weight excluding hydrogens is 258 g/mol. The number of rotatable bonds is 7. The van der Waals surface area contributed by atoms with E-state index in [1.165, 1.54) is 0 Å². The molecule has 3 atom stereocenters. The summed E-state index contributed by atoms with van der Waals surface area (Å²) in [6, 6.07) is -0.802. The molecule has 0 spiro atoms. The summed E-state index contributed by atoms with van der Waals surface area (Å²) in [6.45, 7) is 7.39. The molecule has 6 heteroatoms. The van der Waals surface area contributed by atoms with Crippen LogP contribution in [0.5, 0.6) is 0 Å². The first-order valence-corrected chi connectivity index (χ1v) is 7.18. The van der Waals surface area contributed by atoms with Crippen LogP contribution < -0.4 is 16.4 Å². The average Bonchev–Trinajstić information content (AvgIpc) is 2.67. The summed E-state index contributed by atoms with van der Waals surface area (Å²) >= 11 is 0. The third-order valence-electron chi connectivity index (χ3n) is 3.48. The smallest absolute Gasteiger partial charge is 0.320 e. The molecule has 0 saturated carbocycles. The highest BCUT2D eigenvalue weighted by atomic mass is 16.4. The second-order valence-corrected chi connectivity index (χ2v) is 6.84. The van der Waals surface area contributed by atoms with Crippen LogP contribution in [0.2, 0.25) is 0 Å². The van der Waals surface area contributed by atoms with Gasteiger partial charge in [-0.1, -0.05) is 20.8 Å². The minimum Gasteiger partial charge on any atom is -0.480 e. The highest BCUT2D eigenvalue weighted by Crippen LogP contribution is 2.20. The zero-order valence-corrected chi connectivity index (χ0v) is 12.6. The van der Waals surface area contributed by atoms with Crippen molar-refractivity contribution in [2.75, 3.05) is 13.1 Å². The van der Waals surface area contributed by atoms with Crippen molar-refractivity contribution in [3.8, 4) is 0 Å². The van der Waals surface area contributed by atoms with Crippen LogP contribution in [0.15, 0.2) is 0 Å². The van der Waals surface area contributed by atoms with E-state index in [9.17, 15) is 14.7 Å². The Morgan fingerprint density at radius 2 is 2.20 bits per heavy atom. The summed E-state index contributed by atoms with van der Waals surface area (Å²) in [5.41, 5.74) is 6.13. The minimum absolute atomic E-state index is 0.0444. The van der Waals surface area contributed by atoms with Crippen molar-refractivity contribution in [3.05, 3.63) is 0 Å². The Bertz CT molecular complexity index is 352. The van der Waals surface area contributed by atoms with Crippen molar-refractivity contribution < 1.29 is 14.7 Å². The van der Waals surface area contributed by atoms with E-state index in [2.05, 4.69) is 31.4 Å². The predicted octanol–water partition coefficient (Wildman–Crippen LogP) is 0.319. The molecule has 2 unspecified atom stereocenters. The summed E-state index contributed by atoms with van der Waals surface area (Å²) in [5, 5.41) is 14.9. The van der Waals surface area contributed by atoms with Gasteiger partial charge in [-0.05, 0) is 24.7 Å². The molecule has 1 amide bonds. The van der Waals surface area contributed by atoms with Crippen molar-refractivity contribution in [3.63, 3.8) is 0 Å². The monoisotopic (exact) mass is 285 g/mol. The lowest BCUT2D eigenvalue weighted by Gasteiger charge is -2.25. The molecule has 20 heavy (non-hydrogen) atoms. The molecule has 5 N–H and O–H groups in total. The van der Waals surface area contributed by atoms with E-state index in [0.29, 0.717) is 25.9 Å². The van der Waals surface area contributed by atoms with Crippen molar-refractivity contribution in [1.82, 2.24) is 10.6 Å². The van der Waals surface area contributed by atoms with E-state index < -0.39 is 12.0 Å². The van der Waals surface area contributed by atoms with Gasteiger partial charge in [-0.2, -0.15) is 0 Å². The lowest BCUT2D eigenvalue weighted by Crippen LogP contribution is -2.46. The fraction of sp³-hybridized carbons (Fsp3) is 0.857. The number of nitrogens with one attached hydrogen (secondary N) is 2. The number of amides is 1. The second-order valence-electron chi connectivity index (χ2n) is 6.84. The summed E-state index contributed by atoms with van der Waals surface area (Å²) in [6.07, 6.45) is 1.85. The number of carboxylic acid groups (broad SMARTS) is 1. The minimum atomic E-state index is -0.923. The Kier molecular flexibility index (Phi) is 5.95. The van der Waals surface area contributed by atoms with Crippen molar-refractivity contribution >= 4 is 11.9 Å². The van der Waals surface area contributed by atoms with Gasteiger partial charge in [0.15, 0.2) is 0 Å². The van der Waals surface area contributed by atoms with Crippen LogP contribution in [0, 0.1) is 11.3 Å². The van der Waals surface area contributed by atoms with Gasteiger partial charge in [-0.15, -0.1) is 0 Å². The average molecular weight is 285 g/mol. The third kappa shape index (κ3) is 5.88. The molecule has 1 fully saturated rings. The van der Waals surface area contributed by atoms with Gasteiger partial charge in [-0.25, -0.2) is 0 Å². The van der Waals surface area contributed by atoms with E-state index in [4.69, 9.17) is 5.73 Å². The number of carbonyl (C=O) groups is 2. The van der Waals surface area contributed by atoms with Gasteiger partial charge in [-0.3, -0.25) is 9.59 Å². The van der Waals surface area contributed by atoms with E-state index in [-0.39, 0.29) is 23.3 Å². The number of nitrogens with two attached hydrogens (primary N) is 1. The van der Waals surface area contributed by atoms with Gasteiger partial charge in [0.2, 0.25) is 5.91 Å². The van der Waals surface area contributed by atoms with Crippen LogP contribution in [-0.2, 0) is 9.59 Å². The zero-order chi connectivity index (χ0) is 15.3. The fourth-order valence-corrected chi connectivity index (χ4v) is 2.58. The fourth-order valence-electron chi connectivity index (χ4n) is 2.58. The standard InChI is InChI=1S/C14H27N3O3/c1-14(2,3)7-10(15)8-17-11(13(19)20)6-9-4-5-16-12(9)18/h9-11,17H,4-8,15H2,1-3H3,(H,16,18)(H,19,20)/t9-,10?,11?/m0/s1.